The van der Waals surface area contributed by atoms with Gasteiger partial charge in [-0.15, -0.1) is 0 Å². The van der Waals surface area contributed by atoms with Crippen LogP contribution in [0, 0.1) is 5.82 Å². The number of hydrogen-bond donors (Lipinski definition) is 3. The molecule has 4 nitrogen and oxygen atoms in total. The second-order valence-electron chi connectivity index (χ2n) is 4.49. The fourth-order valence-electron chi connectivity index (χ4n) is 2.11. The van der Waals surface area contributed by atoms with Gasteiger partial charge in [0.1, 0.15) is 5.76 Å². The SMILES string of the molecule is Oc1ccc2c(c1O)OC(=Cc1cccc(F)c1O)C2. The number of ether oxygens (including phenoxy) is 1. The Labute approximate surface area is 114 Å². The molecule has 0 unspecified atom stereocenters. The molecule has 2 aromatic carbocycles. The molecule has 3 rings (SSSR count). The molecule has 20 heavy (non-hydrogen) atoms. The Morgan fingerprint density at radius 2 is 1.85 bits per heavy atom. The molecule has 0 atom stereocenters. The highest BCUT2D eigenvalue weighted by atomic mass is 19.1. The summed E-state index contributed by atoms with van der Waals surface area (Å²) in [7, 11) is 0. The van der Waals surface area contributed by atoms with Crippen LogP contribution in [-0.2, 0) is 6.42 Å². The zero-order valence-corrected chi connectivity index (χ0v) is 10.3. The smallest absolute Gasteiger partial charge is 0.201 e. The van der Waals surface area contributed by atoms with Crippen molar-refractivity contribution in [3.63, 3.8) is 0 Å². The summed E-state index contributed by atoms with van der Waals surface area (Å²) < 4.78 is 18.7. The van der Waals surface area contributed by atoms with Gasteiger partial charge in [0.05, 0.1) is 0 Å². The first-order valence-corrected chi connectivity index (χ1v) is 5.96. The van der Waals surface area contributed by atoms with Crippen molar-refractivity contribution in [3.05, 3.63) is 53.0 Å². The molecule has 0 amide bonds. The minimum Gasteiger partial charge on any atom is -0.504 e. The van der Waals surface area contributed by atoms with E-state index in [-0.39, 0.29) is 22.8 Å². The van der Waals surface area contributed by atoms with Crippen molar-refractivity contribution in [2.24, 2.45) is 0 Å². The lowest BCUT2D eigenvalue weighted by Gasteiger charge is -2.04. The van der Waals surface area contributed by atoms with E-state index in [4.69, 9.17) is 4.74 Å². The summed E-state index contributed by atoms with van der Waals surface area (Å²) in [5, 5.41) is 28.7. The summed E-state index contributed by atoms with van der Waals surface area (Å²) in [6.45, 7) is 0. The molecule has 1 aliphatic rings. The van der Waals surface area contributed by atoms with Gasteiger partial charge in [0.25, 0.3) is 0 Å². The predicted molar refractivity (Wildman–Crippen MR) is 70.1 cm³/mol. The number of rotatable bonds is 1. The third kappa shape index (κ3) is 1.93. The minimum absolute atomic E-state index is 0.187. The van der Waals surface area contributed by atoms with Gasteiger partial charge >= 0.3 is 0 Å². The summed E-state index contributed by atoms with van der Waals surface area (Å²) in [5.74, 6) is -1.12. The van der Waals surface area contributed by atoms with Gasteiger partial charge in [0, 0.05) is 17.5 Å². The van der Waals surface area contributed by atoms with Gasteiger partial charge in [-0.2, -0.15) is 0 Å². The van der Waals surface area contributed by atoms with Crippen molar-refractivity contribution >= 4 is 6.08 Å². The molecule has 0 saturated carbocycles. The van der Waals surface area contributed by atoms with E-state index in [1.807, 2.05) is 0 Å². The van der Waals surface area contributed by atoms with Crippen molar-refractivity contribution < 1.29 is 24.4 Å². The molecule has 0 radical (unpaired) electrons. The Morgan fingerprint density at radius 3 is 2.65 bits per heavy atom. The lowest BCUT2D eigenvalue weighted by molar-refractivity contribution is 0.368. The number of phenols is 3. The molecule has 1 heterocycles. The summed E-state index contributed by atoms with van der Waals surface area (Å²) >= 11 is 0. The number of aromatic hydroxyl groups is 3. The Hall–Kier alpha value is -2.69. The van der Waals surface area contributed by atoms with Crippen LogP contribution in [0.4, 0.5) is 4.39 Å². The molecule has 102 valence electrons. The number of phenolic OH excluding ortho intramolecular Hbond substituents is 3. The van der Waals surface area contributed by atoms with Crippen molar-refractivity contribution in [2.45, 2.75) is 6.42 Å². The molecule has 0 aromatic heterocycles. The highest BCUT2D eigenvalue weighted by Crippen LogP contribution is 2.44. The van der Waals surface area contributed by atoms with E-state index in [0.29, 0.717) is 17.7 Å². The number of hydrogen-bond acceptors (Lipinski definition) is 4. The van der Waals surface area contributed by atoms with Crippen molar-refractivity contribution in [3.8, 4) is 23.0 Å². The van der Waals surface area contributed by atoms with E-state index in [0.717, 1.165) is 6.07 Å². The number of para-hydroxylation sites is 1. The average Bonchev–Trinajstić information content (AvgIpc) is 2.83. The Kier molecular flexibility index (Phi) is 2.75. The van der Waals surface area contributed by atoms with Crippen LogP contribution in [0.3, 0.4) is 0 Å². The lowest BCUT2D eigenvalue weighted by atomic mass is 10.1. The monoisotopic (exact) mass is 274 g/mol. The first-order valence-electron chi connectivity index (χ1n) is 5.96. The summed E-state index contributed by atoms with van der Waals surface area (Å²) in [6, 6.07) is 7.20. The highest BCUT2D eigenvalue weighted by Gasteiger charge is 2.23. The van der Waals surface area contributed by atoms with E-state index in [9.17, 15) is 19.7 Å². The molecule has 0 aliphatic carbocycles. The standard InChI is InChI=1S/C15H11FO4/c16-11-3-1-2-8(13(11)18)6-10-7-9-4-5-12(17)14(19)15(9)20-10/h1-6,17-19H,7H2. The fraction of sp³-hybridized carbons (Fsp3) is 0.0667. The van der Waals surface area contributed by atoms with Crippen molar-refractivity contribution in [2.75, 3.05) is 0 Å². The van der Waals surface area contributed by atoms with E-state index in [2.05, 4.69) is 0 Å². The van der Waals surface area contributed by atoms with Gasteiger partial charge in [0.2, 0.25) is 5.75 Å². The van der Waals surface area contributed by atoms with Crippen LogP contribution < -0.4 is 4.74 Å². The highest BCUT2D eigenvalue weighted by molar-refractivity contribution is 5.64. The maximum Gasteiger partial charge on any atom is 0.201 e. The molecule has 0 fully saturated rings. The molecule has 0 bridgehead atoms. The second kappa shape index (κ2) is 4.45. The van der Waals surface area contributed by atoms with Crippen LogP contribution in [0.15, 0.2) is 36.1 Å². The third-order valence-corrected chi connectivity index (χ3v) is 3.12. The second-order valence-corrected chi connectivity index (χ2v) is 4.49. The zero-order chi connectivity index (χ0) is 14.3. The lowest BCUT2D eigenvalue weighted by Crippen LogP contribution is -1.89. The summed E-state index contributed by atoms with van der Waals surface area (Å²) in [6.07, 6.45) is 1.88. The van der Waals surface area contributed by atoms with Crippen molar-refractivity contribution in [1.82, 2.24) is 0 Å². The quantitative estimate of drug-likeness (QED) is 0.699. The normalized spacial score (nSPS) is 15.2. The maximum atomic E-state index is 13.2. The van der Waals surface area contributed by atoms with Crippen LogP contribution >= 0.6 is 0 Å². The average molecular weight is 274 g/mol. The van der Waals surface area contributed by atoms with Crippen molar-refractivity contribution in [1.29, 1.82) is 0 Å². The Balaban J connectivity index is 1.97. The topological polar surface area (TPSA) is 69.9 Å². The van der Waals surface area contributed by atoms with Crippen LogP contribution in [0.1, 0.15) is 11.1 Å². The van der Waals surface area contributed by atoms with E-state index in [1.165, 1.54) is 18.2 Å². The molecule has 0 saturated heterocycles. The van der Waals surface area contributed by atoms with E-state index in [1.54, 1.807) is 12.1 Å². The summed E-state index contributed by atoms with van der Waals surface area (Å²) in [5.41, 5.74) is 0.999. The molecule has 0 spiro atoms. The predicted octanol–water partition coefficient (Wildman–Crippen LogP) is 2.92. The number of fused-ring (bicyclic) bond motifs is 1. The first kappa shape index (κ1) is 12.3. The first-order chi connectivity index (χ1) is 9.56. The zero-order valence-electron chi connectivity index (χ0n) is 10.3. The molecule has 5 heteroatoms. The largest absolute Gasteiger partial charge is 0.504 e. The molecule has 3 N–H and O–H groups in total. The van der Waals surface area contributed by atoms with Crippen LogP contribution in [0.25, 0.3) is 6.08 Å². The summed E-state index contributed by atoms with van der Waals surface area (Å²) in [4.78, 5) is 0. The van der Waals surface area contributed by atoms with Crippen LogP contribution in [-0.4, -0.2) is 15.3 Å². The number of benzene rings is 2. The number of halogens is 1. The van der Waals surface area contributed by atoms with Crippen LogP contribution in [0.2, 0.25) is 0 Å². The van der Waals surface area contributed by atoms with Gasteiger partial charge in [-0.3, -0.25) is 0 Å². The van der Waals surface area contributed by atoms with E-state index < -0.39 is 11.6 Å². The Morgan fingerprint density at radius 1 is 1.05 bits per heavy atom. The minimum atomic E-state index is -0.713. The molecular formula is C15H11FO4. The molecule has 1 aliphatic heterocycles. The van der Waals surface area contributed by atoms with Gasteiger partial charge < -0.3 is 20.1 Å². The third-order valence-electron chi connectivity index (χ3n) is 3.12. The maximum absolute atomic E-state index is 13.2. The number of allylic oxidation sites excluding steroid dienone is 1. The van der Waals surface area contributed by atoms with Crippen LogP contribution in [0.5, 0.6) is 23.0 Å². The molecular weight excluding hydrogens is 263 g/mol. The van der Waals surface area contributed by atoms with Gasteiger partial charge in [-0.25, -0.2) is 4.39 Å². The fourth-order valence-corrected chi connectivity index (χ4v) is 2.11. The van der Waals surface area contributed by atoms with Gasteiger partial charge in [0.15, 0.2) is 23.1 Å². The van der Waals surface area contributed by atoms with Gasteiger partial charge in [-0.05, 0) is 18.2 Å². The van der Waals surface area contributed by atoms with Gasteiger partial charge in [-0.1, -0.05) is 18.2 Å². The molecule has 2 aromatic rings. The Bertz CT molecular complexity index is 722. The van der Waals surface area contributed by atoms with E-state index >= 15 is 0 Å².